The van der Waals surface area contributed by atoms with E-state index in [4.69, 9.17) is 16.0 Å². The average Bonchev–Trinajstić information content (AvgIpc) is 3.22. The highest BCUT2D eigenvalue weighted by Gasteiger charge is 2.30. The first-order valence-corrected chi connectivity index (χ1v) is 8.91. The van der Waals surface area contributed by atoms with Crippen LogP contribution in [0.5, 0.6) is 0 Å². The summed E-state index contributed by atoms with van der Waals surface area (Å²) in [7, 11) is 0. The van der Waals surface area contributed by atoms with Crippen LogP contribution in [-0.2, 0) is 11.0 Å². The van der Waals surface area contributed by atoms with Gasteiger partial charge in [-0.25, -0.2) is 0 Å². The van der Waals surface area contributed by atoms with E-state index in [1.54, 1.807) is 24.3 Å². The third kappa shape index (κ3) is 5.51. The molecule has 0 unspecified atom stereocenters. The van der Waals surface area contributed by atoms with Gasteiger partial charge in [0, 0.05) is 22.5 Å². The van der Waals surface area contributed by atoms with Gasteiger partial charge in [0.15, 0.2) is 5.76 Å². The third-order valence-corrected chi connectivity index (χ3v) is 4.21. The number of furan rings is 1. The number of carbonyl (C=O) groups excluding carboxylic acids is 2. The van der Waals surface area contributed by atoms with E-state index in [1.165, 1.54) is 24.5 Å². The molecule has 1 aromatic heterocycles. The zero-order chi connectivity index (χ0) is 21.7. The standard InChI is InChI=1S/C21H14ClF3N2O3/c22-17-8-7-14(21(23,24)25)11-13(17)6-9-19(28)26-15-3-1-4-16(12-15)27-20(29)18-5-2-10-30-18/h1-12H,(H,26,28)(H,27,29)/b9-6+. The highest BCUT2D eigenvalue weighted by molar-refractivity contribution is 6.32. The van der Waals surface area contributed by atoms with Gasteiger partial charge in [-0.1, -0.05) is 17.7 Å². The van der Waals surface area contributed by atoms with Crippen LogP contribution in [0.15, 0.2) is 71.4 Å². The molecule has 3 rings (SSSR count). The number of carbonyl (C=O) groups is 2. The van der Waals surface area contributed by atoms with Crippen molar-refractivity contribution < 1.29 is 27.2 Å². The maximum Gasteiger partial charge on any atom is 0.416 e. The first-order chi connectivity index (χ1) is 14.2. The Labute approximate surface area is 174 Å². The fraction of sp³-hybridized carbons (Fsp3) is 0.0476. The van der Waals surface area contributed by atoms with E-state index in [0.717, 1.165) is 24.3 Å². The molecule has 0 aliphatic heterocycles. The molecule has 0 bridgehead atoms. The number of hydrogen-bond donors (Lipinski definition) is 2. The molecule has 2 aromatic carbocycles. The molecule has 1 heterocycles. The molecule has 9 heteroatoms. The first kappa shape index (κ1) is 21.2. The second-order valence-corrected chi connectivity index (χ2v) is 6.48. The van der Waals surface area contributed by atoms with Crippen molar-refractivity contribution in [1.29, 1.82) is 0 Å². The van der Waals surface area contributed by atoms with Crippen LogP contribution >= 0.6 is 11.6 Å². The van der Waals surface area contributed by atoms with E-state index in [0.29, 0.717) is 11.4 Å². The van der Waals surface area contributed by atoms with Gasteiger partial charge in [0.2, 0.25) is 5.91 Å². The predicted octanol–water partition coefficient (Wildman–Crippen LogP) is 5.86. The molecule has 154 valence electrons. The Morgan fingerprint density at radius 1 is 0.967 bits per heavy atom. The summed E-state index contributed by atoms with van der Waals surface area (Å²) >= 11 is 5.90. The van der Waals surface area contributed by atoms with Gasteiger partial charge in [-0.15, -0.1) is 0 Å². The summed E-state index contributed by atoms with van der Waals surface area (Å²) in [5, 5.41) is 5.26. The van der Waals surface area contributed by atoms with Gasteiger partial charge in [0.05, 0.1) is 11.8 Å². The van der Waals surface area contributed by atoms with E-state index in [1.807, 2.05) is 0 Å². The van der Waals surface area contributed by atoms with Gasteiger partial charge in [-0.3, -0.25) is 9.59 Å². The summed E-state index contributed by atoms with van der Waals surface area (Å²) in [6.07, 6.45) is -0.893. The molecule has 0 saturated heterocycles. The molecular weight excluding hydrogens is 421 g/mol. The van der Waals surface area contributed by atoms with Crippen LogP contribution in [0.25, 0.3) is 6.08 Å². The fourth-order valence-corrected chi connectivity index (χ4v) is 2.65. The molecule has 3 aromatic rings. The molecule has 0 aliphatic rings. The number of alkyl halides is 3. The zero-order valence-corrected chi connectivity index (χ0v) is 15.9. The van der Waals surface area contributed by atoms with Crippen molar-refractivity contribution in [3.8, 4) is 0 Å². The van der Waals surface area contributed by atoms with Gasteiger partial charge in [0.25, 0.3) is 5.91 Å². The Morgan fingerprint density at radius 2 is 1.70 bits per heavy atom. The molecule has 0 fully saturated rings. The zero-order valence-electron chi connectivity index (χ0n) is 15.2. The van der Waals surface area contributed by atoms with Crippen molar-refractivity contribution in [2.24, 2.45) is 0 Å². The monoisotopic (exact) mass is 434 g/mol. The maximum absolute atomic E-state index is 12.8. The van der Waals surface area contributed by atoms with E-state index in [-0.39, 0.29) is 16.3 Å². The smallest absolute Gasteiger partial charge is 0.416 e. The lowest BCUT2D eigenvalue weighted by molar-refractivity contribution is -0.137. The Hall–Kier alpha value is -3.52. The van der Waals surface area contributed by atoms with Gasteiger partial charge in [0.1, 0.15) is 0 Å². The van der Waals surface area contributed by atoms with Crippen LogP contribution in [0.3, 0.4) is 0 Å². The summed E-state index contributed by atoms with van der Waals surface area (Å²) < 4.78 is 43.5. The molecule has 5 nitrogen and oxygen atoms in total. The number of rotatable bonds is 5. The van der Waals surface area contributed by atoms with Gasteiger partial charge < -0.3 is 15.1 Å². The second kappa shape index (κ2) is 8.87. The van der Waals surface area contributed by atoms with E-state index in [9.17, 15) is 22.8 Å². The molecule has 0 aliphatic carbocycles. The molecular formula is C21H14ClF3N2O3. The average molecular weight is 435 g/mol. The van der Waals surface area contributed by atoms with E-state index in [2.05, 4.69) is 10.6 Å². The van der Waals surface area contributed by atoms with Crippen molar-refractivity contribution in [2.45, 2.75) is 6.18 Å². The van der Waals surface area contributed by atoms with Crippen LogP contribution in [0.4, 0.5) is 24.5 Å². The van der Waals surface area contributed by atoms with Gasteiger partial charge in [-0.2, -0.15) is 13.2 Å². The molecule has 2 amide bonds. The third-order valence-electron chi connectivity index (χ3n) is 3.87. The van der Waals surface area contributed by atoms with Crippen LogP contribution in [0.1, 0.15) is 21.7 Å². The molecule has 2 N–H and O–H groups in total. The molecule has 30 heavy (non-hydrogen) atoms. The molecule has 0 atom stereocenters. The number of benzene rings is 2. The molecule has 0 spiro atoms. The minimum Gasteiger partial charge on any atom is -0.459 e. The van der Waals surface area contributed by atoms with E-state index < -0.39 is 23.6 Å². The van der Waals surface area contributed by atoms with Crippen molar-refractivity contribution in [2.75, 3.05) is 10.6 Å². The first-order valence-electron chi connectivity index (χ1n) is 8.53. The van der Waals surface area contributed by atoms with E-state index >= 15 is 0 Å². The minimum atomic E-state index is -4.52. The Kier molecular flexibility index (Phi) is 6.27. The summed E-state index contributed by atoms with van der Waals surface area (Å²) in [6, 6.07) is 12.3. The van der Waals surface area contributed by atoms with Crippen molar-refractivity contribution in [3.05, 3.63) is 88.8 Å². The fourth-order valence-electron chi connectivity index (χ4n) is 2.47. The quantitative estimate of drug-likeness (QED) is 0.494. The number of halogens is 4. The number of nitrogens with one attached hydrogen (secondary N) is 2. The van der Waals surface area contributed by atoms with Crippen molar-refractivity contribution in [1.82, 2.24) is 0 Å². The predicted molar refractivity (Wildman–Crippen MR) is 107 cm³/mol. The van der Waals surface area contributed by atoms with Crippen molar-refractivity contribution in [3.63, 3.8) is 0 Å². The highest BCUT2D eigenvalue weighted by atomic mass is 35.5. The minimum absolute atomic E-state index is 0.0566. The highest BCUT2D eigenvalue weighted by Crippen LogP contribution is 2.32. The normalized spacial score (nSPS) is 11.5. The molecule has 0 saturated carbocycles. The van der Waals surface area contributed by atoms with Crippen molar-refractivity contribution >= 4 is 40.9 Å². The number of anilines is 2. The second-order valence-electron chi connectivity index (χ2n) is 6.07. The molecule has 0 radical (unpaired) electrons. The topological polar surface area (TPSA) is 71.3 Å². The summed E-state index contributed by atoms with van der Waals surface area (Å²) in [5.74, 6) is -0.911. The maximum atomic E-state index is 12.8. The number of hydrogen-bond acceptors (Lipinski definition) is 3. The van der Waals surface area contributed by atoms with Crippen LogP contribution in [0, 0.1) is 0 Å². The largest absolute Gasteiger partial charge is 0.459 e. The van der Waals surface area contributed by atoms with Gasteiger partial charge >= 0.3 is 6.18 Å². The number of amides is 2. The van der Waals surface area contributed by atoms with Crippen LogP contribution in [-0.4, -0.2) is 11.8 Å². The lowest BCUT2D eigenvalue weighted by Crippen LogP contribution is -2.12. The Morgan fingerprint density at radius 3 is 2.37 bits per heavy atom. The SMILES string of the molecule is O=C(/C=C/c1cc(C(F)(F)F)ccc1Cl)Nc1cccc(NC(=O)c2ccco2)c1. The summed E-state index contributed by atoms with van der Waals surface area (Å²) in [5.41, 5.74) is -0.0239. The summed E-state index contributed by atoms with van der Waals surface area (Å²) in [6.45, 7) is 0. The van der Waals surface area contributed by atoms with Crippen LogP contribution < -0.4 is 10.6 Å². The Bertz CT molecular complexity index is 1090. The lowest BCUT2D eigenvalue weighted by Gasteiger charge is -2.08. The van der Waals surface area contributed by atoms with Crippen LogP contribution in [0.2, 0.25) is 5.02 Å². The summed E-state index contributed by atoms with van der Waals surface area (Å²) in [4.78, 5) is 24.1. The Balaban J connectivity index is 1.67. The van der Waals surface area contributed by atoms with Gasteiger partial charge in [-0.05, 0) is 60.2 Å². The lowest BCUT2D eigenvalue weighted by atomic mass is 10.1.